The number of piperazine rings is 1. The Morgan fingerprint density at radius 2 is 1.88 bits per heavy atom. The van der Waals surface area contributed by atoms with Crippen LogP contribution < -0.4 is 9.64 Å². The minimum Gasteiger partial charge on any atom is -0.494 e. The summed E-state index contributed by atoms with van der Waals surface area (Å²) in [5.41, 5.74) is 6.44. The van der Waals surface area contributed by atoms with Crippen molar-refractivity contribution in [2.75, 3.05) is 38.2 Å². The van der Waals surface area contributed by atoms with Crippen molar-refractivity contribution in [1.82, 2.24) is 14.3 Å². The average molecular weight is 458 g/mol. The van der Waals surface area contributed by atoms with Crippen molar-refractivity contribution >= 4 is 22.5 Å². The minimum absolute atomic E-state index is 0.272. The van der Waals surface area contributed by atoms with Gasteiger partial charge in [0.15, 0.2) is 17.2 Å². The molecule has 174 valence electrons. The third kappa shape index (κ3) is 3.64. The number of anilines is 1. The second-order valence-electron chi connectivity index (χ2n) is 8.76. The van der Waals surface area contributed by atoms with E-state index >= 15 is 0 Å². The van der Waals surface area contributed by atoms with Crippen LogP contribution in [0.5, 0.6) is 5.75 Å². The summed E-state index contributed by atoms with van der Waals surface area (Å²) in [7, 11) is 1.48. The van der Waals surface area contributed by atoms with E-state index in [0.29, 0.717) is 12.1 Å². The molecule has 0 atom stereocenters. The first kappa shape index (κ1) is 22.2. The molecule has 0 N–H and O–H groups in total. The standard InChI is InChI=1S/C27H28FN5O/c1-4-20-18(2)21(16-29)26-30-23-7-5-6-8-24(23)33(26)27(20)32-13-11-31(12-14-32)17-19-9-10-25(34-3)22(28)15-19/h5-10,15H,4,11-14,17H2,1-3H3. The van der Waals surface area contributed by atoms with Crippen LogP contribution in [-0.2, 0) is 13.0 Å². The van der Waals surface area contributed by atoms with Gasteiger partial charge in [-0.2, -0.15) is 5.26 Å². The molecule has 1 aliphatic rings. The van der Waals surface area contributed by atoms with Crippen LogP contribution in [0.4, 0.5) is 10.2 Å². The Balaban J connectivity index is 1.48. The van der Waals surface area contributed by atoms with Gasteiger partial charge in [-0.05, 0) is 54.3 Å². The fourth-order valence-electron chi connectivity index (χ4n) is 5.10. The average Bonchev–Trinajstić information content (AvgIpc) is 3.23. The monoisotopic (exact) mass is 457 g/mol. The van der Waals surface area contributed by atoms with E-state index in [4.69, 9.17) is 9.72 Å². The summed E-state index contributed by atoms with van der Waals surface area (Å²) < 4.78 is 21.3. The number of pyridine rings is 1. The van der Waals surface area contributed by atoms with Crippen LogP contribution in [0.2, 0.25) is 0 Å². The van der Waals surface area contributed by atoms with Gasteiger partial charge in [-0.25, -0.2) is 9.37 Å². The Morgan fingerprint density at radius 1 is 1.12 bits per heavy atom. The van der Waals surface area contributed by atoms with Gasteiger partial charge in [-0.1, -0.05) is 25.1 Å². The van der Waals surface area contributed by atoms with Crippen molar-refractivity contribution in [1.29, 1.82) is 5.26 Å². The Labute approximate surface area is 198 Å². The molecule has 0 amide bonds. The molecular weight excluding hydrogens is 429 g/mol. The fourth-order valence-corrected chi connectivity index (χ4v) is 5.10. The predicted molar refractivity (Wildman–Crippen MR) is 132 cm³/mol. The molecule has 7 heteroatoms. The number of rotatable bonds is 5. The van der Waals surface area contributed by atoms with E-state index in [1.807, 2.05) is 31.2 Å². The van der Waals surface area contributed by atoms with Gasteiger partial charge < -0.3 is 9.64 Å². The largest absolute Gasteiger partial charge is 0.494 e. The number of aromatic nitrogens is 2. The number of benzene rings is 2. The zero-order chi connectivity index (χ0) is 23.8. The van der Waals surface area contributed by atoms with Crippen LogP contribution in [0, 0.1) is 24.1 Å². The molecule has 0 saturated carbocycles. The van der Waals surface area contributed by atoms with Crippen LogP contribution in [-0.4, -0.2) is 47.6 Å². The number of para-hydroxylation sites is 2. The smallest absolute Gasteiger partial charge is 0.165 e. The number of methoxy groups -OCH3 is 1. The number of nitrogens with zero attached hydrogens (tertiary/aromatic N) is 5. The SMILES string of the molecule is CCc1c(C)c(C#N)c2nc3ccccc3n2c1N1CCN(Cc2ccc(OC)c(F)c2)CC1. The van der Waals surface area contributed by atoms with Gasteiger partial charge in [0.05, 0.1) is 23.7 Å². The molecule has 5 rings (SSSR count). The third-order valence-electron chi connectivity index (χ3n) is 6.85. The molecule has 0 bridgehead atoms. The van der Waals surface area contributed by atoms with Crippen LogP contribution in [0.3, 0.4) is 0 Å². The topological polar surface area (TPSA) is 56.8 Å². The van der Waals surface area contributed by atoms with Crippen molar-refractivity contribution < 1.29 is 9.13 Å². The molecule has 4 aromatic rings. The number of nitriles is 1. The molecule has 2 aromatic carbocycles. The maximum Gasteiger partial charge on any atom is 0.165 e. The Hall–Kier alpha value is -3.63. The second-order valence-corrected chi connectivity index (χ2v) is 8.76. The lowest BCUT2D eigenvalue weighted by molar-refractivity contribution is 0.248. The van der Waals surface area contributed by atoms with Crippen molar-refractivity contribution in [3.63, 3.8) is 0 Å². The van der Waals surface area contributed by atoms with E-state index in [1.165, 1.54) is 12.7 Å². The van der Waals surface area contributed by atoms with E-state index in [1.54, 1.807) is 12.1 Å². The first-order valence-electron chi connectivity index (χ1n) is 11.7. The van der Waals surface area contributed by atoms with E-state index in [9.17, 15) is 9.65 Å². The molecule has 6 nitrogen and oxygen atoms in total. The number of halogens is 1. The molecule has 1 saturated heterocycles. The zero-order valence-corrected chi connectivity index (χ0v) is 19.8. The van der Waals surface area contributed by atoms with Crippen LogP contribution in [0.15, 0.2) is 42.5 Å². The van der Waals surface area contributed by atoms with Gasteiger partial charge in [0.2, 0.25) is 0 Å². The van der Waals surface area contributed by atoms with Crippen molar-refractivity contribution in [3.8, 4) is 11.8 Å². The van der Waals surface area contributed by atoms with Crippen molar-refractivity contribution in [3.05, 3.63) is 70.5 Å². The van der Waals surface area contributed by atoms with Crippen LogP contribution in [0.1, 0.15) is 29.2 Å². The Morgan fingerprint density at radius 3 is 2.56 bits per heavy atom. The summed E-state index contributed by atoms with van der Waals surface area (Å²) in [6.07, 6.45) is 0.837. The normalized spacial score (nSPS) is 14.6. The fraction of sp³-hybridized carbons (Fsp3) is 0.333. The number of ether oxygens (including phenoxy) is 1. The highest BCUT2D eigenvalue weighted by Gasteiger charge is 2.26. The van der Waals surface area contributed by atoms with E-state index < -0.39 is 0 Å². The van der Waals surface area contributed by atoms with Gasteiger partial charge in [-0.3, -0.25) is 9.30 Å². The lowest BCUT2D eigenvalue weighted by atomic mass is 10.0. The van der Waals surface area contributed by atoms with E-state index in [0.717, 1.165) is 66.2 Å². The maximum atomic E-state index is 14.1. The number of imidazole rings is 1. The number of hydrogen-bond acceptors (Lipinski definition) is 5. The van der Waals surface area contributed by atoms with Crippen molar-refractivity contribution in [2.24, 2.45) is 0 Å². The van der Waals surface area contributed by atoms with Crippen LogP contribution >= 0.6 is 0 Å². The van der Waals surface area contributed by atoms with Gasteiger partial charge in [0.25, 0.3) is 0 Å². The summed E-state index contributed by atoms with van der Waals surface area (Å²) in [6.45, 7) is 8.30. The molecule has 3 heterocycles. The van der Waals surface area contributed by atoms with Gasteiger partial charge >= 0.3 is 0 Å². The molecule has 1 fully saturated rings. The van der Waals surface area contributed by atoms with E-state index in [-0.39, 0.29) is 11.6 Å². The first-order valence-corrected chi connectivity index (χ1v) is 11.7. The van der Waals surface area contributed by atoms with E-state index in [2.05, 4.69) is 33.3 Å². The molecule has 34 heavy (non-hydrogen) atoms. The summed E-state index contributed by atoms with van der Waals surface area (Å²) >= 11 is 0. The zero-order valence-electron chi connectivity index (χ0n) is 19.8. The van der Waals surface area contributed by atoms with Gasteiger partial charge in [0.1, 0.15) is 11.9 Å². The first-order chi connectivity index (χ1) is 16.5. The summed E-state index contributed by atoms with van der Waals surface area (Å²) in [5, 5.41) is 9.93. The highest BCUT2D eigenvalue weighted by Crippen LogP contribution is 2.34. The highest BCUT2D eigenvalue weighted by molar-refractivity contribution is 5.86. The highest BCUT2D eigenvalue weighted by atomic mass is 19.1. The number of hydrogen-bond donors (Lipinski definition) is 0. The summed E-state index contributed by atoms with van der Waals surface area (Å²) in [6, 6.07) is 15.6. The maximum absolute atomic E-state index is 14.1. The molecule has 0 unspecified atom stereocenters. The Kier molecular flexibility index (Phi) is 5.84. The third-order valence-corrected chi connectivity index (χ3v) is 6.85. The molecule has 0 radical (unpaired) electrons. The van der Waals surface area contributed by atoms with Crippen molar-refractivity contribution in [2.45, 2.75) is 26.8 Å². The minimum atomic E-state index is -0.325. The van der Waals surface area contributed by atoms with Gasteiger partial charge in [0, 0.05) is 32.7 Å². The molecular formula is C27H28FN5O. The molecule has 0 spiro atoms. The number of fused-ring (bicyclic) bond motifs is 3. The quantitative estimate of drug-likeness (QED) is 0.435. The predicted octanol–water partition coefficient (Wildman–Crippen LogP) is 4.70. The molecule has 0 aliphatic carbocycles. The summed E-state index contributed by atoms with van der Waals surface area (Å²) in [5.74, 6) is 1.08. The Bertz CT molecular complexity index is 1410. The summed E-state index contributed by atoms with van der Waals surface area (Å²) in [4.78, 5) is 9.59. The lowest BCUT2D eigenvalue weighted by Crippen LogP contribution is -2.47. The van der Waals surface area contributed by atoms with Gasteiger partial charge in [-0.15, -0.1) is 0 Å². The second kappa shape index (κ2) is 8.96. The van der Waals surface area contributed by atoms with Crippen LogP contribution in [0.25, 0.3) is 16.7 Å². The molecule has 2 aromatic heterocycles. The lowest BCUT2D eigenvalue weighted by Gasteiger charge is -2.37. The molecule has 1 aliphatic heterocycles.